The molecule has 0 saturated carbocycles. The number of halogens is 3. The number of alkyl halides is 3. The van der Waals surface area contributed by atoms with E-state index in [0.717, 1.165) is 6.42 Å². The molecule has 1 aliphatic heterocycles. The van der Waals surface area contributed by atoms with Gasteiger partial charge in [-0.15, -0.1) is 0 Å². The van der Waals surface area contributed by atoms with Crippen molar-refractivity contribution >= 4 is 5.97 Å². The molecule has 0 spiro atoms. The fourth-order valence-electron chi connectivity index (χ4n) is 1.14. The lowest BCUT2D eigenvalue weighted by Gasteiger charge is -2.33. The second-order valence-corrected chi connectivity index (χ2v) is 3.09. The van der Waals surface area contributed by atoms with Crippen LogP contribution in [-0.2, 0) is 4.79 Å². The Morgan fingerprint density at radius 1 is 1.46 bits per heavy atom. The van der Waals surface area contributed by atoms with Crippen molar-refractivity contribution in [1.29, 1.82) is 0 Å². The van der Waals surface area contributed by atoms with Gasteiger partial charge in [-0.3, -0.25) is 4.79 Å². The number of hydrogen-bond donors (Lipinski definition) is 1. The van der Waals surface area contributed by atoms with Gasteiger partial charge >= 0.3 is 12.1 Å². The number of nitrogens with zero attached hydrogens (tertiary/aromatic N) is 1. The third-order valence-electron chi connectivity index (χ3n) is 2.08. The molecule has 0 bridgehead atoms. The molecular formula is C7H10F3NO2. The molecule has 0 amide bonds. The fourth-order valence-corrected chi connectivity index (χ4v) is 1.14. The lowest BCUT2D eigenvalue weighted by Crippen LogP contribution is -2.46. The van der Waals surface area contributed by atoms with Gasteiger partial charge in [0.05, 0.1) is 0 Å². The van der Waals surface area contributed by atoms with E-state index in [1.54, 1.807) is 0 Å². The second-order valence-electron chi connectivity index (χ2n) is 3.09. The van der Waals surface area contributed by atoms with Crippen molar-refractivity contribution in [2.75, 3.05) is 19.6 Å². The van der Waals surface area contributed by atoms with E-state index < -0.39 is 24.6 Å². The first-order chi connectivity index (χ1) is 5.91. The average molecular weight is 197 g/mol. The molecule has 0 aliphatic carbocycles. The molecule has 1 aliphatic rings. The maximum absolute atomic E-state index is 12.1. The number of carbonyl (C=O) groups is 1. The molecule has 0 radical (unpaired) electrons. The number of carboxylic acid groups (broad SMARTS) is 1. The van der Waals surface area contributed by atoms with Crippen molar-refractivity contribution in [3.8, 4) is 0 Å². The first-order valence-corrected chi connectivity index (χ1v) is 3.93. The molecule has 0 aromatic carbocycles. The van der Waals surface area contributed by atoms with Crippen molar-refractivity contribution in [3.63, 3.8) is 0 Å². The van der Waals surface area contributed by atoms with E-state index >= 15 is 0 Å². The van der Waals surface area contributed by atoms with Crippen LogP contribution in [-0.4, -0.2) is 41.8 Å². The molecule has 1 atom stereocenters. The van der Waals surface area contributed by atoms with Crippen LogP contribution < -0.4 is 0 Å². The number of hydrogen-bond acceptors (Lipinski definition) is 2. The minimum atomic E-state index is -4.64. The highest BCUT2D eigenvalue weighted by Crippen LogP contribution is 2.28. The van der Waals surface area contributed by atoms with Gasteiger partial charge in [-0.05, 0) is 19.5 Å². The largest absolute Gasteiger partial charge is 0.481 e. The molecule has 1 heterocycles. The number of carboxylic acids is 1. The Balaban J connectivity index is 2.51. The minimum Gasteiger partial charge on any atom is -0.481 e. The molecule has 0 aromatic heterocycles. The number of rotatable bonds is 3. The zero-order chi connectivity index (χ0) is 10.1. The van der Waals surface area contributed by atoms with Crippen LogP contribution in [0.1, 0.15) is 6.42 Å². The maximum atomic E-state index is 12.1. The van der Waals surface area contributed by atoms with E-state index in [1.807, 2.05) is 0 Å². The smallest absolute Gasteiger partial charge is 0.403 e. The van der Waals surface area contributed by atoms with Crippen LogP contribution in [0.2, 0.25) is 0 Å². The van der Waals surface area contributed by atoms with Gasteiger partial charge in [0.25, 0.3) is 0 Å². The summed E-state index contributed by atoms with van der Waals surface area (Å²) < 4.78 is 36.3. The Morgan fingerprint density at radius 2 is 2.00 bits per heavy atom. The van der Waals surface area contributed by atoms with Gasteiger partial charge in [0, 0.05) is 6.54 Å². The Hall–Kier alpha value is -0.780. The summed E-state index contributed by atoms with van der Waals surface area (Å²) in [5, 5.41) is 8.33. The predicted octanol–water partition coefficient (Wildman–Crippen LogP) is 0.955. The lowest BCUT2D eigenvalue weighted by atomic mass is 10.1. The molecule has 3 nitrogen and oxygen atoms in total. The first-order valence-electron chi connectivity index (χ1n) is 3.93. The highest BCUT2D eigenvalue weighted by molar-refractivity contribution is 5.71. The molecule has 0 aromatic rings. The third kappa shape index (κ3) is 2.58. The van der Waals surface area contributed by atoms with Crippen LogP contribution in [0.15, 0.2) is 0 Å². The average Bonchev–Trinajstić information content (AvgIpc) is 1.79. The second kappa shape index (κ2) is 3.53. The molecular weight excluding hydrogens is 187 g/mol. The zero-order valence-electron chi connectivity index (χ0n) is 6.84. The van der Waals surface area contributed by atoms with Gasteiger partial charge < -0.3 is 10.0 Å². The van der Waals surface area contributed by atoms with Crippen molar-refractivity contribution in [2.24, 2.45) is 5.92 Å². The van der Waals surface area contributed by atoms with Crippen molar-refractivity contribution in [3.05, 3.63) is 0 Å². The Morgan fingerprint density at radius 3 is 2.23 bits per heavy atom. The van der Waals surface area contributed by atoms with E-state index in [2.05, 4.69) is 0 Å². The van der Waals surface area contributed by atoms with Crippen LogP contribution >= 0.6 is 0 Å². The van der Waals surface area contributed by atoms with Gasteiger partial charge in [-0.2, -0.15) is 13.2 Å². The summed E-state index contributed by atoms with van der Waals surface area (Å²) in [5.41, 5.74) is 0. The number of likely N-dealkylation sites (tertiary alicyclic amines) is 1. The summed E-state index contributed by atoms with van der Waals surface area (Å²) in [4.78, 5) is 11.8. The van der Waals surface area contributed by atoms with E-state index in [1.165, 1.54) is 4.90 Å². The van der Waals surface area contributed by atoms with Gasteiger partial charge in [-0.1, -0.05) is 0 Å². The Bertz CT molecular complexity index is 200. The molecule has 1 rings (SSSR count). The van der Waals surface area contributed by atoms with Crippen LogP contribution in [0.25, 0.3) is 0 Å². The van der Waals surface area contributed by atoms with Crippen molar-refractivity contribution in [1.82, 2.24) is 4.90 Å². The monoisotopic (exact) mass is 197 g/mol. The lowest BCUT2D eigenvalue weighted by molar-refractivity contribution is -0.197. The highest BCUT2D eigenvalue weighted by Gasteiger charge is 2.46. The van der Waals surface area contributed by atoms with Crippen molar-refractivity contribution < 1.29 is 23.1 Å². The summed E-state index contributed by atoms with van der Waals surface area (Å²) >= 11 is 0. The van der Waals surface area contributed by atoms with Gasteiger partial charge in [-0.25, -0.2) is 0 Å². The SMILES string of the molecule is O=C(O)C(CN1CCC1)C(F)(F)F. The predicted molar refractivity (Wildman–Crippen MR) is 38.2 cm³/mol. The highest BCUT2D eigenvalue weighted by atomic mass is 19.4. The molecule has 6 heteroatoms. The van der Waals surface area contributed by atoms with Crippen LogP contribution in [0.4, 0.5) is 13.2 Å². The first kappa shape index (κ1) is 10.3. The van der Waals surface area contributed by atoms with E-state index in [4.69, 9.17) is 5.11 Å². The summed E-state index contributed by atoms with van der Waals surface area (Å²) in [6.07, 6.45) is -3.79. The van der Waals surface area contributed by atoms with Crippen LogP contribution in [0.3, 0.4) is 0 Å². The molecule has 1 saturated heterocycles. The number of aliphatic carboxylic acids is 1. The summed E-state index contributed by atoms with van der Waals surface area (Å²) in [6.45, 7) is 0.721. The summed E-state index contributed by atoms with van der Waals surface area (Å²) in [5.74, 6) is -4.04. The normalized spacial score (nSPS) is 20.8. The van der Waals surface area contributed by atoms with E-state index in [9.17, 15) is 18.0 Å². The van der Waals surface area contributed by atoms with E-state index in [-0.39, 0.29) is 0 Å². The third-order valence-corrected chi connectivity index (χ3v) is 2.08. The Kier molecular flexibility index (Phi) is 2.80. The molecule has 1 N–H and O–H groups in total. The van der Waals surface area contributed by atoms with Crippen LogP contribution in [0, 0.1) is 5.92 Å². The quantitative estimate of drug-likeness (QED) is 0.732. The molecule has 13 heavy (non-hydrogen) atoms. The van der Waals surface area contributed by atoms with Gasteiger partial charge in [0.15, 0.2) is 5.92 Å². The zero-order valence-corrected chi connectivity index (χ0v) is 6.84. The van der Waals surface area contributed by atoms with Gasteiger partial charge in [0.1, 0.15) is 0 Å². The molecule has 1 unspecified atom stereocenters. The summed E-state index contributed by atoms with van der Waals surface area (Å²) in [6, 6.07) is 0. The fraction of sp³-hybridized carbons (Fsp3) is 0.857. The van der Waals surface area contributed by atoms with Crippen molar-refractivity contribution in [2.45, 2.75) is 12.6 Å². The van der Waals surface area contributed by atoms with E-state index in [0.29, 0.717) is 13.1 Å². The maximum Gasteiger partial charge on any atom is 0.403 e. The standard InChI is InChI=1S/C7H10F3NO2/c8-7(9,10)5(6(12)13)4-11-2-1-3-11/h5H,1-4H2,(H,12,13). The Labute approximate surface area is 73.1 Å². The molecule has 1 fully saturated rings. The molecule has 76 valence electrons. The topological polar surface area (TPSA) is 40.5 Å². The minimum absolute atomic E-state index is 0.418. The summed E-state index contributed by atoms with van der Waals surface area (Å²) in [7, 11) is 0. The van der Waals surface area contributed by atoms with Crippen LogP contribution in [0.5, 0.6) is 0 Å². The van der Waals surface area contributed by atoms with Gasteiger partial charge in [0.2, 0.25) is 0 Å².